The van der Waals surface area contributed by atoms with Gasteiger partial charge in [0.15, 0.2) is 0 Å². The minimum Gasteiger partial charge on any atom is -0.348 e. The van der Waals surface area contributed by atoms with Gasteiger partial charge in [-0.1, -0.05) is 12.8 Å². The number of halogens is 2. The van der Waals surface area contributed by atoms with Gasteiger partial charge in [-0.3, -0.25) is 14.7 Å². The smallest absolute Gasteiger partial charge is 0.271 e. The van der Waals surface area contributed by atoms with Gasteiger partial charge in [-0.2, -0.15) is 5.10 Å². The second-order valence-corrected chi connectivity index (χ2v) is 5.69. The molecular formula is C16H16F2N4O2. The van der Waals surface area contributed by atoms with Crippen LogP contribution >= 0.6 is 0 Å². The third-order valence-electron chi connectivity index (χ3n) is 3.98. The van der Waals surface area contributed by atoms with Crippen molar-refractivity contribution < 1.29 is 18.4 Å². The van der Waals surface area contributed by atoms with E-state index in [1.54, 1.807) is 0 Å². The summed E-state index contributed by atoms with van der Waals surface area (Å²) in [6.45, 7) is 0. The zero-order valence-corrected chi connectivity index (χ0v) is 12.7. The Morgan fingerprint density at radius 2 is 1.92 bits per heavy atom. The van der Waals surface area contributed by atoms with Crippen molar-refractivity contribution in [3.05, 3.63) is 47.3 Å². The van der Waals surface area contributed by atoms with E-state index in [4.69, 9.17) is 0 Å². The Balaban J connectivity index is 1.72. The summed E-state index contributed by atoms with van der Waals surface area (Å²) < 4.78 is 26.6. The molecule has 1 aliphatic carbocycles. The third kappa shape index (κ3) is 3.42. The molecule has 3 N–H and O–H groups in total. The summed E-state index contributed by atoms with van der Waals surface area (Å²) >= 11 is 0. The molecule has 1 heterocycles. The van der Waals surface area contributed by atoms with Crippen molar-refractivity contribution in [3.8, 4) is 0 Å². The fourth-order valence-corrected chi connectivity index (χ4v) is 2.74. The normalized spacial score (nSPS) is 14.6. The average molecular weight is 334 g/mol. The molecule has 24 heavy (non-hydrogen) atoms. The summed E-state index contributed by atoms with van der Waals surface area (Å²) in [5, 5.41) is 11.6. The SMILES string of the molecule is O=C(Nc1cn[nH]c1C(=O)NC1CCCC1)c1ccc(F)cc1F. The minimum absolute atomic E-state index is 0.0952. The van der Waals surface area contributed by atoms with Gasteiger partial charge in [-0.25, -0.2) is 8.78 Å². The number of nitrogens with one attached hydrogen (secondary N) is 3. The van der Waals surface area contributed by atoms with Crippen molar-refractivity contribution in [3.63, 3.8) is 0 Å². The molecule has 6 nitrogen and oxygen atoms in total. The second kappa shape index (κ2) is 6.77. The lowest BCUT2D eigenvalue weighted by molar-refractivity contribution is 0.0933. The first-order valence-corrected chi connectivity index (χ1v) is 7.65. The van der Waals surface area contributed by atoms with E-state index in [-0.39, 0.29) is 28.9 Å². The number of carbonyl (C=O) groups excluding carboxylic acids is 2. The number of anilines is 1. The number of nitrogens with zero attached hydrogens (tertiary/aromatic N) is 1. The first kappa shape index (κ1) is 16.1. The molecule has 1 fully saturated rings. The number of hydrogen-bond donors (Lipinski definition) is 3. The Morgan fingerprint density at radius 1 is 1.17 bits per heavy atom. The highest BCUT2D eigenvalue weighted by Gasteiger charge is 2.22. The van der Waals surface area contributed by atoms with E-state index in [1.807, 2.05) is 0 Å². The number of carbonyl (C=O) groups is 2. The number of aromatic nitrogens is 2. The quantitative estimate of drug-likeness (QED) is 0.803. The molecule has 1 aliphatic rings. The van der Waals surface area contributed by atoms with E-state index in [9.17, 15) is 18.4 Å². The minimum atomic E-state index is -0.979. The molecule has 0 bridgehead atoms. The molecule has 0 aliphatic heterocycles. The second-order valence-electron chi connectivity index (χ2n) is 5.69. The predicted octanol–water partition coefficient (Wildman–Crippen LogP) is 2.61. The van der Waals surface area contributed by atoms with Crippen LogP contribution in [0.3, 0.4) is 0 Å². The molecule has 0 radical (unpaired) electrons. The van der Waals surface area contributed by atoms with Gasteiger partial charge < -0.3 is 10.6 Å². The van der Waals surface area contributed by atoms with E-state index in [0.717, 1.165) is 37.8 Å². The van der Waals surface area contributed by atoms with Crippen LogP contribution in [0.4, 0.5) is 14.5 Å². The molecular weight excluding hydrogens is 318 g/mol. The van der Waals surface area contributed by atoms with E-state index < -0.39 is 17.5 Å². The highest BCUT2D eigenvalue weighted by molar-refractivity contribution is 6.08. The Bertz CT molecular complexity index is 769. The number of hydrogen-bond acceptors (Lipinski definition) is 3. The Kier molecular flexibility index (Phi) is 4.54. The fraction of sp³-hybridized carbons (Fsp3) is 0.312. The lowest BCUT2D eigenvalue weighted by Crippen LogP contribution is -2.33. The summed E-state index contributed by atoms with van der Waals surface area (Å²) in [6, 6.07) is 2.76. The number of H-pyrrole nitrogens is 1. The molecule has 0 atom stereocenters. The Hall–Kier alpha value is -2.77. The van der Waals surface area contributed by atoms with Gasteiger partial charge in [0.1, 0.15) is 17.3 Å². The van der Waals surface area contributed by atoms with Crippen LogP contribution in [-0.4, -0.2) is 28.1 Å². The summed E-state index contributed by atoms with van der Waals surface area (Å²) in [4.78, 5) is 24.4. The molecule has 0 spiro atoms. The van der Waals surface area contributed by atoms with Gasteiger partial charge in [-0.15, -0.1) is 0 Å². The fourth-order valence-electron chi connectivity index (χ4n) is 2.74. The number of aromatic amines is 1. The van der Waals surface area contributed by atoms with Gasteiger partial charge in [0.25, 0.3) is 11.8 Å². The van der Waals surface area contributed by atoms with Crippen LogP contribution in [0.15, 0.2) is 24.4 Å². The maximum absolute atomic E-state index is 13.7. The lowest BCUT2D eigenvalue weighted by Gasteiger charge is -2.12. The average Bonchev–Trinajstić information content (AvgIpc) is 3.18. The third-order valence-corrected chi connectivity index (χ3v) is 3.98. The van der Waals surface area contributed by atoms with E-state index in [2.05, 4.69) is 20.8 Å². The predicted molar refractivity (Wildman–Crippen MR) is 82.6 cm³/mol. The summed E-state index contributed by atoms with van der Waals surface area (Å²) in [5.74, 6) is -2.92. The zero-order chi connectivity index (χ0) is 17.1. The van der Waals surface area contributed by atoms with Crippen LogP contribution in [0, 0.1) is 11.6 Å². The molecule has 2 amide bonds. The van der Waals surface area contributed by atoms with Gasteiger partial charge in [-0.05, 0) is 25.0 Å². The number of amides is 2. The highest BCUT2D eigenvalue weighted by atomic mass is 19.1. The van der Waals surface area contributed by atoms with Gasteiger partial charge in [0, 0.05) is 12.1 Å². The molecule has 126 valence electrons. The first-order chi connectivity index (χ1) is 11.5. The van der Waals surface area contributed by atoms with Crippen LogP contribution in [0.5, 0.6) is 0 Å². The van der Waals surface area contributed by atoms with E-state index in [0.29, 0.717) is 6.07 Å². The van der Waals surface area contributed by atoms with Crippen LogP contribution in [0.25, 0.3) is 0 Å². The maximum atomic E-state index is 13.7. The van der Waals surface area contributed by atoms with Crippen LogP contribution < -0.4 is 10.6 Å². The zero-order valence-electron chi connectivity index (χ0n) is 12.7. The van der Waals surface area contributed by atoms with Crippen molar-refractivity contribution in [2.75, 3.05) is 5.32 Å². The molecule has 8 heteroatoms. The maximum Gasteiger partial charge on any atom is 0.271 e. The van der Waals surface area contributed by atoms with E-state index >= 15 is 0 Å². The van der Waals surface area contributed by atoms with Crippen molar-refractivity contribution in [1.29, 1.82) is 0 Å². The highest BCUT2D eigenvalue weighted by Crippen LogP contribution is 2.20. The molecule has 3 rings (SSSR count). The molecule has 0 saturated heterocycles. The van der Waals surface area contributed by atoms with Crippen molar-refractivity contribution in [2.45, 2.75) is 31.7 Å². The van der Waals surface area contributed by atoms with Crippen molar-refractivity contribution >= 4 is 17.5 Å². The van der Waals surface area contributed by atoms with Crippen molar-refractivity contribution in [1.82, 2.24) is 15.5 Å². The monoisotopic (exact) mass is 334 g/mol. The molecule has 2 aromatic rings. The van der Waals surface area contributed by atoms with Crippen molar-refractivity contribution in [2.24, 2.45) is 0 Å². The standard InChI is InChI=1S/C16H16F2N4O2/c17-9-5-6-11(12(18)7-9)15(23)21-13-8-19-22-14(13)16(24)20-10-3-1-2-4-10/h5-8,10H,1-4H2,(H,19,22)(H,20,24)(H,21,23). The van der Waals surface area contributed by atoms with Crippen LogP contribution in [0.2, 0.25) is 0 Å². The summed E-state index contributed by atoms with van der Waals surface area (Å²) in [6.07, 6.45) is 5.25. The summed E-state index contributed by atoms with van der Waals surface area (Å²) in [7, 11) is 0. The van der Waals surface area contributed by atoms with Gasteiger partial charge in [0.2, 0.25) is 0 Å². The molecule has 1 aromatic carbocycles. The molecule has 1 aromatic heterocycles. The van der Waals surface area contributed by atoms with Crippen LogP contribution in [-0.2, 0) is 0 Å². The van der Waals surface area contributed by atoms with Crippen LogP contribution in [0.1, 0.15) is 46.5 Å². The van der Waals surface area contributed by atoms with Gasteiger partial charge in [0.05, 0.1) is 17.4 Å². The van der Waals surface area contributed by atoms with E-state index in [1.165, 1.54) is 6.20 Å². The largest absolute Gasteiger partial charge is 0.348 e. The number of rotatable bonds is 4. The topological polar surface area (TPSA) is 86.9 Å². The molecule has 0 unspecified atom stereocenters. The first-order valence-electron chi connectivity index (χ1n) is 7.65. The Morgan fingerprint density at radius 3 is 2.62 bits per heavy atom. The van der Waals surface area contributed by atoms with Gasteiger partial charge >= 0.3 is 0 Å². The lowest BCUT2D eigenvalue weighted by atomic mass is 10.2. The summed E-state index contributed by atoms with van der Waals surface area (Å²) in [5.41, 5.74) is -0.0863. The number of benzene rings is 1. The molecule has 1 saturated carbocycles. The Labute approximate surface area is 136 Å².